The zero-order chi connectivity index (χ0) is 15.3. The Hall–Kier alpha value is -1.77. The van der Waals surface area contributed by atoms with E-state index in [2.05, 4.69) is 9.47 Å². The van der Waals surface area contributed by atoms with Crippen LogP contribution in [0.4, 0.5) is 8.78 Å². The summed E-state index contributed by atoms with van der Waals surface area (Å²) in [5.74, 6) is -11.2. The zero-order valence-corrected chi connectivity index (χ0v) is 10.3. The van der Waals surface area contributed by atoms with Crippen LogP contribution in [0.2, 0.25) is 0 Å². The molecule has 9 heteroatoms. The predicted molar refractivity (Wildman–Crippen MR) is 52.8 cm³/mol. The molecule has 0 aromatic rings. The number of hydrogen-bond donors (Lipinski definition) is 1. The number of carboxylic acid groups (broad SMARTS) is 1. The largest absolute Gasteiger partial charge is 0.547 e. The first kappa shape index (κ1) is 17.2. The minimum atomic E-state index is -4.85. The average Bonchev–Trinajstić information content (AvgIpc) is 2.28. The van der Waals surface area contributed by atoms with E-state index in [1.165, 1.54) is 13.8 Å². The number of aliphatic carboxylic acids is 1. The number of carboxylic acids is 1. The normalized spacial score (nSPS) is 14.4. The molecule has 0 heterocycles. The van der Waals surface area contributed by atoms with E-state index >= 15 is 0 Å². The van der Waals surface area contributed by atoms with Gasteiger partial charge in [0.2, 0.25) is 0 Å². The van der Waals surface area contributed by atoms with Crippen molar-refractivity contribution in [3.8, 4) is 0 Å². The molecule has 0 aromatic carbocycles. The molecule has 0 amide bonds. The summed E-state index contributed by atoms with van der Waals surface area (Å²) in [6.07, 6.45) is -1.64. The number of aliphatic hydroxyl groups is 1. The van der Waals surface area contributed by atoms with Crippen molar-refractivity contribution in [2.24, 2.45) is 0 Å². The quantitative estimate of drug-likeness (QED) is 0.573. The second-order valence-corrected chi connectivity index (χ2v) is 3.42. The molecule has 0 aliphatic rings. The summed E-state index contributed by atoms with van der Waals surface area (Å²) < 4.78 is 35.3. The second-order valence-electron chi connectivity index (χ2n) is 3.42. The summed E-state index contributed by atoms with van der Waals surface area (Å²) in [7, 11) is 0. The third-order valence-electron chi connectivity index (χ3n) is 2.09. The summed E-state index contributed by atoms with van der Waals surface area (Å²) in [6.45, 7) is 1.88. The molecule has 0 bridgehead atoms. The number of halogens is 2. The Morgan fingerprint density at radius 3 is 2.00 bits per heavy atom. The van der Waals surface area contributed by atoms with Crippen molar-refractivity contribution in [3.63, 3.8) is 0 Å². The van der Waals surface area contributed by atoms with E-state index in [9.17, 15) is 33.4 Å². The minimum Gasteiger partial charge on any atom is -0.547 e. The second kappa shape index (κ2) is 6.41. The molecule has 0 saturated carbocycles. The SMILES string of the molecule is CCOC(=O)CC(O)(C(=O)[O-])C(F)(F)C(=O)OCC. The standard InChI is InChI=1S/C10H14F2O7/c1-3-18-6(13)5-9(17,7(14)15)10(11,12)8(16)19-4-2/h17H,3-5H2,1-2H3,(H,14,15)/p-1. The number of carbonyl (C=O) groups excluding carboxylic acids is 3. The van der Waals surface area contributed by atoms with Gasteiger partial charge in [0.05, 0.1) is 25.6 Å². The topological polar surface area (TPSA) is 113 Å². The molecule has 0 aromatic heterocycles. The Labute approximate surface area is 107 Å². The third-order valence-corrected chi connectivity index (χ3v) is 2.09. The van der Waals surface area contributed by atoms with Gasteiger partial charge in [0.25, 0.3) is 0 Å². The zero-order valence-electron chi connectivity index (χ0n) is 10.3. The molecular weight excluding hydrogens is 270 g/mol. The number of carbonyl (C=O) groups is 3. The molecule has 0 rings (SSSR count). The van der Waals surface area contributed by atoms with Crippen LogP contribution in [-0.4, -0.2) is 47.8 Å². The highest BCUT2D eigenvalue weighted by molar-refractivity contribution is 5.92. The van der Waals surface area contributed by atoms with Crippen LogP contribution in [0.5, 0.6) is 0 Å². The first-order valence-corrected chi connectivity index (χ1v) is 5.27. The van der Waals surface area contributed by atoms with Crippen LogP contribution in [0, 0.1) is 0 Å². The maximum atomic E-state index is 13.6. The van der Waals surface area contributed by atoms with Crippen LogP contribution < -0.4 is 5.11 Å². The van der Waals surface area contributed by atoms with Crippen LogP contribution in [0.25, 0.3) is 0 Å². The molecule has 1 atom stereocenters. The molecule has 1 N–H and O–H groups in total. The van der Waals surface area contributed by atoms with Crippen LogP contribution >= 0.6 is 0 Å². The van der Waals surface area contributed by atoms with Gasteiger partial charge in [-0.3, -0.25) is 4.79 Å². The van der Waals surface area contributed by atoms with Gasteiger partial charge < -0.3 is 24.5 Å². The van der Waals surface area contributed by atoms with E-state index in [4.69, 9.17) is 0 Å². The van der Waals surface area contributed by atoms with Crippen LogP contribution in [-0.2, 0) is 23.9 Å². The highest BCUT2D eigenvalue weighted by atomic mass is 19.3. The molecular formula is C10H13F2O7-. The minimum absolute atomic E-state index is 0.215. The summed E-state index contributed by atoms with van der Waals surface area (Å²) in [4.78, 5) is 32.7. The van der Waals surface area contributed by atoms with E-state index in [1.54, 1.807) is 0 Å². The van der Waals surface area contributed by atoms with Crippen molar-refractivity contribution in [1.82, 2.24) is 0 Å². The molecule has 19 heavy (non-hydrogen) atoms. The molecule has 0 aliphatic heterocycles. The van der Waals surface area contributed by atoms with Gasteiger partial charge >= 0.3 is 17.9 Å². The molecule has 0 spiro atoms. The lowest BCUT2D eigenvalue weighted by atomic mass is 9.91. The van der Waals surface area contributed by atoms with Crippen LogP contribution in [0.3, 0.4) is 0 Å². The molecule has 0 fully saturated rings. The fourth-order valence-electron chi connectivity index (χ4n) is 1.12. The lowest BCUT2D eigenvalue weighted by Crippen LogP contribution is -2.64. The fraction of sp³-hybridized carbons (Fsp3) is 0.700. The summed E-state index contributed by atoms with van der Waals surface area (Å²) in [5, 5.41) is 20.1. The van der Waals surface area contributed by atoms with E-state index in [0.717, 1.165) is 0 Å². The number of ether oxygens (including phenoxy) is 2. The van der Waals surface area contributed by atoms with Crippen molar-refractivity contribution in [3.05, 3.63) is 0 Å². The summed E-state index contributed by atoms with van der Waals surface area (Å²) in [5.41, 5.74) is -4.04. The summed E-state index contributed by atoms with van der Waals surface area (Å²) >= 11 is 0. The number of alkyl halides is 2. The van der Waals surface area contributed by atoms with Crippen molar-refractivity contribution in [2.45, 2.75) is 31.8 Å². The number of rotatable bonds is 7. The van der Waals surface area contributed by atoms with Crippen LogP contribution in [0.1, 0.15) is 20.3 Å². The van der Waals surface area contributed by atoms with Crippen molar-refractivity contribution >= 4 is 17.9 Å². The number of esters is 2. The first-order chi connectivity index (χ1) is 8.63. The number of hydrogen-bond acceptors (Lipinski definition) is 7. The molecule has 0 radical (unpaired) electrons. The molecule has 7 nitrogen and oxygen atoms in total. The molecule has 0 aliphatic carbocycles. The Morgan fingerprint density at radius 2 is 1.63 bits per heavy atom. The highest BCUT2D eigenvalue weighted by Gasteiger charge is 2.62. The van der Waals surface area contributed by atoms with Gasteiger partial charge in [-0.05, 0) is 13.8 Å². The lowest BCUT2D eigenvalue weighted by Gasteiger charge is -2.33. The maximum absolute atomic E-state index is 13.6. The van der Waals surface area contributed by atoms with Gasteiger partial charge in [-0.25, -0.2) is 4.79 Å². The van der Waals surface area contributed by atoms with Crippen LogP contribution in [0.15, 0.2) is 0 Å². The lowest BCUT2D eigenvalue weighted by molar-refractivity contribution is -0.339. The van der Waals surface area contributed by atoms with Gasteiger partial charge in [0.15, 0.2) is 5.60 Å². The van der Waals surface area contributed by atoms with E-state index in [-0.39, 0.29) is 6.61 Å². The Balaban J connectivity index is 5.33. The smallest absolute Gasteiger partial charge is 0.380 e. The van der Waals surface area contributed by atoms with Gasteiger partial charge in [-0.1, -0.05) is 0 Å². The van der Waals surface area contributed by atoms with Gasteiger partial charge in [0.1, 0.15) is 0 Å². The first-order valence-electron chi connectivity index (χ1n) is 5.27. The maximum Gasteiger partial charge on any atom is 0.380 e. The van der Waals surface area contributed by atoms with Crippen molar-refractivity contribution in [2.75, 3.05) is 13.2 Å². The molecule has 1 unspecified atom stereocenters. The predicted octanol–water partition coefficient (Wildman–Crippen LogP) is -1.38. The van der Waals surface area contributed by atoms with Gasteiger partial charge in [-0.2, -0.15) is 8.78 Å². The highest BCUT2D eigenvalue weighted by Crippen LogP contribution is 2.33. The van der Waals surface area contributed by atoms with Gasteiger partial charge in [-0.15, -0.1) is 0 Å². The van der Waals surface area contributed by atoms with Crippen molar-refractivity contribution < 1.29 is 42.9 Å². The third kappa shape index (κ3) is 3.60. The summed E-state index contributed by atoms with van der Waals surface area (Å²) in [6, 6.07) is 0. The fourth-order valence-corrected chi connectivity index (χ4v) is 1.12. The van der Waals surface area contributed by atoms with E-state index < -0.39 is 42.5 Å². The molecule has 0 saturated heterocycles. The van der Waals surface area contributed by atoms with E-state index in [1.807, 2.05) is 0 Å². The monoisotopic (exact) mass is 283 g/mol. The van der Waals surface area contributed by atoms with Gasteiger partial charge in [0, 0.05) is 0 Å². The average molecular weight is 283 g/mol. The Morgan fingerprint density at radius 1 is 1.16 bits per heavy atom. The Bertz CT molecular complexity index is 369. The van der Waals surface area contributed by atoms with Crippen molar-refractivity contribution in [1.29, 1.82) is 0 Å². The Kier molecular flexibility index (Phi) is 5.81. The van der Waals surface area contributed by atoms with E-state index in [0.29, 0.717) is 0 Å². The molecule has 110 valence electrons.